The number of nitrogens with zero attached hydrogens (tertiary/aromatic N) is 3. The Bertz CT molecular complexity index is 2310. The van der Waals surface area contributed by atoms with Crippen LogP contribution < -0.4 is 15.5 Å². The van der Waals surface area contributed by atoms with E-state index in [9.17, 15) is 24.0 Å². The fraction of sp³-hybridized carbons (Fsp3) is 0.447. The minimum atomic E-state index is -1.01. The van der Waals surface area contributed by atoms with Crippen LogP contribution in [0.5, 0.6) is 0 Å². The van der Waals surface area contributed by atoms with Crippen LogP contribution in [0.15, 0.2) is 60.8 Å². The van der Waals surface area contributed by atoms with Crippen LogP contribution in [0.1, 0.15) is 115 Å². The van der Waals surface area contributed by atoms with Crippen molar-refractivity contribution in [3.8, 4) is 0 Å². The van der Waals surface area contributed by atoms with Crippen molar-refractivity contribution in [2.24, 2.45) is 0 Å². The van der Waals surface area contributed by atoms with E-state index in [1.807, 2.05) is 39.0 Å². The van der Waals surface area contributed by atoms with Crippen molar-refractivity contribution in [2.45, 2.75) is 117 Å². The molecule has 1 aliphatic carbocycles. The third kappa shape index (κ3) is 11.4. The molecule has 1 aliphatic rings. The van der Waals surface area contributed by atoms with Crippen LogP contribution in [0.4, 0.5) is 36.0 Å². The predicted octanol–water partition coefficient (Wildman–Crippen LogP) is 10.1. The third-order valence-electron chi connectivity index (χ3n) is 10.2. The van der Waals surface area contributed by atoms with Crippen molar-refractivity contribution in [3.63, 3.8) is 0 Å². The van der Waals surface area contributed by atoms with Gasteiger partial charge >= 0.3 is 24.2 Å². The summed E-state index contributed by atoms with van der Waals surface area (Å²) in [6.07, 6.45) is 0.286. The van der Waals surface area contributed by atoms with Gasteiger partial charge in [0, 0.05) is 47.7 Å². The van der Waals surface area contributed by atoms with E-state index in [1.165, 1.54) is 4.90 Å². The molecule has 332 valence electrons. The maximum Gasteiger partial charge on any atom is 0.425 e. The molecule has 0 radical (unpaired) electrons. The summed E-state index contributed by atoms with van der Waals surface area (Å²) in [5, 5.41) is 6.52. The summed E-state index contributed by atoms with van der Waals surface area (Å²) < 4.78 is 37.4. The van der Waals surface area contributed by atoms with Gasteiger partial charge in [-0.1, -0.05) is 31.2 Å². The van der Waals surface area contributed by atoms with Crippen molar-refractivity contribution in [2.75, 3.05) is 35.8 Å². The number of fused-ring (bicyclic) bond motifs is 1. The first-order valence-electron chi connectivity index (χ1n) is 20.7. The summed E-state index contributed by atoms with van der Waals surface area (Å²) in [6, 6.07) is 15.9. The van der Waals surface area contributed by atoms with Gasteiger partial charge in [-0.2, -0.15) is 4.90 Å². The highest BCUT2D eigenvalue weighted by Crippen LogP contribution is 2.51. The first-order chi connectivity index (χ1) is 29.0. The molecule has 2 N–H and O–H groups in total. The average Bonchev–Trinajstić information content (AvgIpc) is 3.99. The van der Waals surface area contributed by atoms with Gasteiger partial charge < -0.3 is 29.2 Å². The number of aromatic nitrogens is 1. The average molecular weight is 856 g/mol. The fourth-order valence-electron chi connectivity index (χ4n) is 7.18. The molecule has 15 heteroatoms. The van der Waals surface area contributed by atoms with Crippen LogP contribution in [0, 0.1) is 12.7 Å². The highest BCUT2D eigenvalue weighted by Gasteiger charge is 2.53. The molecule has 0 unspecified atom stereocenters. The van der Waals surface area contributed by atoms with Gasteiger partial charge in [0.2, 0.25) is 6.41 Å². The Hall–Kier alpha value is -6.25. The van der Waals surface area contributed by atoms with Gasteiger partial charge in [-0.25, -0.2) is 23.8 Å². The van der Waals surface area contributed by atoms with Crippen LogP contribution in [-0.4, -0.2) is 72.0 Å². The van der Waals surface area contributed by atoms with Crippen molar-refractivity contribution >= 4 is 58.6 Å². The first kappa shape index (κ1) is 46.8. The maximum atomic E-state index is 15.4. The van der Waals surface area contributed by atoms with E-state index in [1.54, 1.807) is 91.9 Å². The van der Waals surface area contributed by atoms with E-state index in [-0.39, 0.29) is 54.3 Å². The molecule has 14 nitrogen and oxygen atoms in total. The normalized spacial score (nSPS) is 14.2. The molecule has 1 saturated carbocycles. The van der Waals surface area contributed by atoms with E-state index < -0.39 is 40.7 Å². The maximum absolute atomic E-state index is 15.4. The van der Waals surface area contributed by atoms with Gasteiger partial charge in [0.1, 0.15) is 17.0 Å². The molecule has 1 aromatic heterocycles. The molecule has 62 heavy (non-hydrogen) atoms. The molecular weight excluding hydrogens is 798 g/mol. The Morgan fingerprint density at radius 2 is 1.53 bits per heavy atom. The number of rotatable bonds is 14. The molecule has 0 aliphatic heterocycles. The number of hydrogen-bond donors (Lipinski definition) is 2. The number of esters is 1. The van der Waals surface area contributed by atoms with Gasteiger partial charge in [0.05, 0.1) is 24.8 Å². The van der Waals surface area contributed by atoms with E-state index >= 15 is 4.39 Å². The molecule has 4 aromatic rings. The topological polar surface area (TPSA) is 166 Å². The van der Waals surface area contributed by atoms with E-state index in [0.717, 1.165) is 34.0 Å². The van der Waals surface area contributed by atoms with Crippen LogP contribution in [-0.2, 0) is 40.5 Å². The van der Waals surface area contributed by atoms with Gasteiger partial charge in [0.15, 0.2) is 5.82 Å². The number of nitrogens with one attached hydrogen (secondary N) is 2. The molecule has 4 amide bonds. The Morgan fingerprint density at radius 3 is 2.11 bits per heavy atom. The van der Waals surface area contributed by atoms with Crippen molar-refractivity contribution in [3.05, 3.63) is 94.4 Å². The predicted molar refractivity (Wildman–Crippen MR) is 235 cm³/mol. The second-order valence-electron chi connectivity index (χ2n) is 17.8. The van der Waals surface area contributed by atoms with Crippen molar-refractivity contribution in [1.82, 2.24) is 9.88 Å². The largest absolute Gasteiger partial charge is 0.465 e. The zero-order chi connectivity index (χ0) is 45.7. The summed E-state index contributed by atoms with van der Waals surface area (Å²) in [5.41, 5.74) is 2.86. The fourth-order valence-corrected chi connectivity index (χ4v) is 7.18. The summed E-state index contributed by atoms with van der Waals surface area (Å²) >= 11 is 0. The van der Waals surface area contributed by atoms with Crippen molar-refractivity contribution in [1.29, 1.82) is 0 Å². The lowest BCUT2D eigenvalue weighted by Crippen LogP contribution is -2.44. The molecule has 5 rings (SSSR count). The third-order valence-corrected chi connectivity index (χ3v) is 10.2. The smallest absolute Gasteiger partial charge is 0.425 e. The minimum Gasteiger partial charge on any atom is -0.465 e. The number of ether oxygens (including phenoxy) is 4. The number of benzene rings is 3. The zero-order valence-electron chi connectivity index (χ0n) is 37.4. The molecule has 2 atom stereocenters. The second-order valence-corrected chi connectivity index (χ2v) is 17.8. The number of carbonyl (C=O) groups is 5. The van der Waals surface area contributed by atoms with E-state index in [2.05, 4.69) is 15.6 Å². The lowest BCUT2D eigenvalue weighted by Gasteiger charge is -2.28. The summed E-state index contributed by atoms with van der Waals surface area (Å²) in [5.74, 6) is -1.22. The molecule has 0 bridgehead atoms. The Labute approximate surface area is 362 Å². The lowest BCUT2D eigenvalue weighted by atomic mass is 9.90. The first-order valence-corrected chi connectivity index (χ1v) is 20.7. The number of anilines is 3. The number of hydrogen-bond acceptors (Lipinski definition) is 11. The van der Waals surface area contributed by atoms with Gasteiger partial charge in [-0.3, -0.25) is 14.9 Å². The monoisotopic (exact) mass is 855 g/mol. The van der Waals surface area contributed by atoms with Crippen LogP contribution in [0.2, 0.25) is 0 Å². The second kappa shape index (κ2) is 18.8. The number of halogens is 1. The number of carbonyl (C=O) groups excluding carboxylic acids is 5. The van der Waals surface area contributed by atoms with Gasteiger partial charge in [-0.05, 0) is 133 Å². The highest BCUT2D eigenvalue weighted by molar-refractivity contribution is 6.14. The zero-order valence-corrected chi connectivity index (χ0v) is 37.4. The van der Waals surface area contributed by atoms with Crippen LogP contribution >= 0.6 is 0 Å². The van der Waals surface area contributed by atoms with Crippen LogP contribution in [0.25, 0.3) is 10.8 Å². The Balaban J connectivity index is 1.26. The quantitative estimate of drug-likeness (QED) is 0.0704. The van der Waals surface area contributed by atoms with E-state index in [0.29, 0.717) is 35.5 Å². The number of pyridine rings is 1. The summed E-state index contributed by atoms with van der Waals surface area (Å²) in [4.78, 5) is 70.2. The lowest BCUT2D eigenvalue weighted by molar-refractivity contribution is -0.146. The molecule has 0 saturated heterocycles. The molecular formula is C47H58FN5O9. The number of amides is 4. The Morgan fingerprint density at radius 1 is 0.887 bits per heavy atom. The van der Waals surface area contributed by atoms with Crippen LogP contribution in [0.3, 0.4) is 0 Å². The standard InChI is InChI=1S/C47H58FN5O9/c1-12-59-41(55)47(19-20-47)38-18-15-33(22-32(38)25-52(11)27-54)51-42(56)60-26-29(3)35-16-13-31(21-28(35)2)30(4)50-34-14-17-36-37(23-34)39(48)24-49-40(36)53(43(57)61-45(5,6)7)44(58)62-46(8,9)10/h13-18,21-24,27,29-30,50H,12,19-20,25-26H2,1-11H3,(H,51,56)/t29-,30-/m0/s1. The van der Waals surface area contributed by atoms with Crippen molar-refractivity contribution < 1.29 is 47.3 Å². The molecule has 3 aromatic carbocycles. The molecule has 0 spiro atoms. The highest BCUT2D eigenvalue weighted by atomic mass is 19.1. The van der Waals surface area contributed by atoms with Gasteiger partial charge in [-0.15, -0.1) is 0 Å². The minimum absolute atomic E-state index is 0.101. The van der Waals surface area contributed by atoms with E-state index in [4.69, 9.17) is 18.9 Å². The molecule has 1 fully saturated rings. The number of aryl methyl sites for hydroxylation is 1. The SMILES string of the molecule is CCOC(=O)C1(c2ccc(NC(=O)OC[C@H](C)c3ccc([C@H](C)Nc4ccc5c(N(C(=O)OC(C)(C)C)C(=O)OC(C)(C)C)ncc(F)c5c4)cc3C)cc2CN(C)C=O)CC1. The summed E-state index contributed by atoms with van der Waals surface area (Å²) in [6.45, 7) is 18.3. The molecule has 1 heterocycles. The van der Waals surface area contributed by atoms with Gasteiger partial charge in [0.25, 0.3) is 0 Å². The number of imide groups is 1. The Kier molecular flexibility index (Phi) is 14.2. The summed E-state index contributed by atoms with van der Waals surface area (Å²) in [7, 11) is 1.64.